The maximum atomic E-state index is 12.0. The third kappa shape index (κ3) is 5.25. The fraction of sp³-hybridized carbons (Fsp3) is 0.579. The summed E-state index contributed by atoms with van der Waals surface area (Å²) >= 11 is 0. The second kappa shape index (κ2) is 8.71. The standard InChI is InChI=1S/C19H27NO4/c1-13-8-6-9-16(15(13)3)20-18(21)11-24-19(22)12-23-17-10-5-4-7-14(17)2/h4-5,7,10,13,15-16H,6,8-9,11-12H2,1-3H3,(H,20,21)/t13-,15+,16+/m0/s1. The molecule has 1 aliphatic rings. The van der Waals surface area contributed by atoms with Crippen LogP contribution in [0.2, 0.25) is 0 Å². The van der Waals surface area contributed by atoms with Crippen LogP contribution in [0.1, 0.15) is 38.7 Å². The molecule has 3 atom stereocenters. The van der Waals surface area contributed by atoms with Crippen LogP contribution in [0.4, 0.5) is 0 Å². The van der Waals surface area contributed by atoms with Crippen molar-refractivity contribution in [3.05, 3.63) is 29.8 Å². The Morgan fingerprint density at radius 1 is 1.17 bits per heavy atom. The van der Waals surface area contributed by atoms with Crippen molar-refractivity contribution in [2.24, 2.45) is 11.8 Å². The van der Waals surface area contributed by atoms with Gasteiger partial charge in [0.05, 0.1) is 0 Å². The molecule has 0 aromatic heterocycles. The number of hydrogen-bond acceptors (Lipinski definition) is 4. The Labute approximate surface area is 143 Å². The van der Waals surface area contributed by atoms with Gasteiger partial charge < -0.3 is 14.8 Å². The van der Waals surface area contributed by atoms with Gasteiger partial charge in [-0.15, -0.1) is 0 Å². The molecule has 1 fully saturated rings. The van der Waals surface area contributed by atoms with Crippen LogP contribution >= 0.6 is 0 Å². The van der Waals surface area contributed by atoms with Crippen molar-refractivity contribution in [1.29, 1.82) is 0 Å². The van der Waals surface area contributed by atoms with Crippen LogP contribution in [0.15, 0.2) is 24.3 Å². The summed E-state index contributed by atoms with van der Waals surface area (Å²) in [7, 11) is 0. The highest BCUT2D eigenvalue weighted by atomic mass is 16.6. The minimum absolute atomic E-state index is 0.170. The van der Waals surface area contributed by atoms with Crippen molar-refractivity contribution in [2.45, 2.75) is 46.1 Å². The molecule has 1 aromatic rings. The molecule has 24 heavy (non-hydrogen) atoms. The molecule has 0 heterocycles. The summed E-state index contributed by atoms with van der Waals surface area (Å²) in [6.45, 7) is 5.83. The Bertz CT molecular complexity index is 572. The number of nitrogens with one attached hydrogen (secondary N) is 1. The predicted octanol–water partition coefficient (Wildman–Crippen LogP) is 2.86. The number of carbonyl (C=O) groups is 2. The number of benzene rings is 1. The van der Waals surface area contributed by atoms with Gasteiger partial charge in [0.25, 0.3) is 5.91 Å². The van der Waals surface area contributed by atoms with Gasteiger partial charge in [-0.3, -0.25) is 4.79 Å². The summed E-state index contributed by atoms with van der Waals surface area (Å²) in [6.07, 6.45) is 3.32. The molecule has 1 N–H and O–H groups in total. The lowest BCUT2D eigenvalue weighted by atomic mass is 9.78. The molecular weight excluding hydrogens is 306 g/mol. The number of amides is 1. The quantitative estimate of drug-likeness (QED) is 0.813. The first-order valence-corrected chi connectivity index (χ1v) is 8.60. The van der Waals surface area contributed by atoms with Gasteiger partial charge in [0.15, 0.2) is 13.2 Å². The van der Waals surface area contributed by atoms with Crippen LogP contribution in [0, 0.1) is 18.8 Å². The first kappa shape index (κ1) is 18.3. The van der Waals surface area contributed by atoms with E-state index < -0.39 is 5.97 Å². The number of esters is 1. The van der Waals surface area contributed by atoms with Crippen LogP contribution < -0.4 is 10.1 Å². The molecule has 5 heteroatoms. The molecule has 0 radical (unpaired) electrons. The van der Waals surface area contributed by atoms with E-state index in [1.807, 2.05) is 25.1 Å². The molecule has 0 spiro atoms. The van der Waals surface area contributed by atoms with Gasteiger partial charge in [-0.1, -0.05) is 44.9 Å². The van der Waals surface area contributed by atoms with Crippen LogP contribution in [-0.2, 0) is 14.3 Å². The molecule has 5 nitrogen and oxygen atoms in total. The zero-order valence-corrected chi connectivity index (χ0v) is 14.7. The smallest absolute Gasteiger partial charge is 0.344 e. The second-order valence-corrected chi connectivity index (χ2v) is 6.66. The third-order valence-corrected chi connectivity index (χ3v) is 4.86. The van der Waals surface area contributed by atoms with E-state index in [1.54, 1.807) is 6.07 Å². The maximum Gasteiger partial charge on any atom is 0.344 e. The van der Waals surface area contributed by atoms with Crippen LogP contribution in [-0.4, -0.2) is 31.1 Å². The highest BCUT2D eigenvalue weighted by molar-refractivity contribution is 5.81. The van der Waals surface area contributed by atoms with Gasteiger partial charge in [-0.25, -0.2) is 4.79 Å². The van der Waals surface area contributed by atoms with Crippen molar-refractivity contribution in [1.82, 2.24) is 5.32 Å². The number of rotatable bonds is 6. The molecule has 1 aromatic carbocycles. The van der Waals surface area contributed by atoms with Crippen molar-refractivity contribution < 1.29 is 19.1 Å². The van der Waals surface area contributed by atoms with Gasteiger partial charge in [0, 0.05) is 6.04 Å². The minimum atomic E-state index is -0.543. The molecule has 1 saturated carbocycles. The molecule has 0 aliphatic heterocycles. The number of ether oxygens (including phenoxy) is 2. The fourth-order valence-electron chi connectivity index (χ4n) is 3.08. The lowest BCUT2D eigenvalue weighted by Gasteiger charge is -2.34. The van der Waals surface area contributed by atoms with Crippen LogP contribution in [0.5, 0.6) is 5.75 Å². The topological polar surface area (TPSA) is 64.6 Å². The summed E-state index contributed by atoms with van der Waals surface area (Å²) in [5.41, 5.74) is 0.948. The van der Waals surface area contributed by atoms with Gasteiger partial charge in [0.2, 0.25) is 0 Å². The average Bonchev–Trinajstić information content (AvgIpc) is 2.56. The van der Waals surface area contributed by atoms with Crippen molar-refractivity contribution >= 4 is 11.9 Å². The Morgan fingerprint density at radius 3 is 2.67 bits per heavy atom. The number of hydrogen-bond donors (Lipinski definition) is 1. The highest BCUT2D eigenvalue weighted by Crippen LogP contribution is 2.29. The van der Waals surface area contributed by atoms with Gasteiger partial charge in [-0.2, -0.15) is 0 Å². The first-order chi connectivity index (χ1) is 11.5. The number of carbonyl (C=O) groups excluding carboxylic acids is 2. The average molecular weight is 333 g/mol. The van der Waals surface area contributed by atoms with Gasteiger partial charge in [-0.05, 0) is 36.8 Å². The summed E-state index contributed by atoms with van der Waals surface area (Å²) in [4.78, 5) is 23.7. The summed E-state index contributed by atoms with van der Waals surface area (Å²) in [6, 6.07) is 7.61. The zero-order chi connectivity index (χ0) is 17.5. The minimum Gasteiger partial charge on any atom is -0.482 e. The second-order valence-electron chi connectivity index (χ2n) is 6.66. The van der Waals surface area contributed by atoms with E-state index in [2.05, 4.69) is 19.2 Å². The summed E-state index contributed by atoms with van der Waals surface area (Å²) in [5.74, 6) is 0.907. The van der Waals surface area contributed by atoms with Crippen LogP contribution in [0.3, 0.4) is 0 Å². The third-order valence-electron chi connectivity index (χ3n) is 4.86. The predicted molar refractivity (Wildman–Crippen MR) is 91.7 cm³/mol. The van der Waals surface area contributed by atoms with E-state index >= 15 is 0 Å². The monoisotopic (exact) mass is 333 g/mol. The number of para-hydroxylation sites is 1. The van der Waals surface area contributed by atoms with Crippen molar-refractivity contribution in [3.63, 3.8) is 0 Å². The fourth-order valence-corrected chi connectivity index (χ4v) is 3.08. The summed E-state index contributed by atoms with van der Waals surface area (Å²) in [5, 5.41) is 2.98. The molecule has 0 saturated heterocycles. The summed E-state index contributed by atoms with van der Waals surface area (Å²) < 4.78 is 10.4. The van der Waals surface area contributed by atoms with E-state index in [9.17, 15) is 9.59 Å². The Balaban J connectivity index is 1.69. The SMILES string of the molecule is Cc1ccccc1OCC(=O)OCC(=O)N[C@@H]1CCC[C@H](C)[C@H]1C. The Kier molecular flexibility index (Phi) is 6.64. The highest BCUT2D eigenvalue weighted by Gasteiger charge is 2.28. The van der Waals surface area contributed by atoms with Gasteiger partial charge in [0.1, 0.15) is 5.75 Å². The maximum absolute atomic E-state index is 12.0. The molecular formula is C19H27NO4. The largest absolute Gasteiger partial charge is 0.482 e. The van der Waals surface area contributed by atoms with Crippen LogP contribution in [0.25, 0.3) is 0 Å². The van der Waals surface area contributed by atoms with Crippen molar-refractivity contribution in [3.8, 4) is 5.75 Å². The molecule has 1 amide bonds. The number of aryl methyl sites for hydroxylation is 1. The van der Waals surface area contributed by atoms with E-state index in [1.165, 1.54) is 6.42 Å². The zero-order valence-electron chi connectivity index (χ0n) is 14.7. The lowest BCUT2D eigenvalue weighted by Crippen LogP contribution is -2.45. The van der Waals surface area contributed by atoms with Crippen molar-refractivity contribution in [2.75, 3.05) is 13.2 Å². The molecule has 2 rings (SSSR count). The first-order valence-electron chi connectivity index (χ1n) is 8.60. The van der Waals surface area contributed by atoms with E-state index in [4.69, 9.17) is 9.47 Å². The normalized spacial score (nSPS) is 23.4. The van der Waals surface area contributed by atoms with E-state index in [0.29, 0.717) is 17.6 Å². The molecule has 0 bridgehead atoms. The van der Waals surface area contributed by atoms with Gasteiger partial charge >= 0.3 is 5.97 Å². The molecule has 1 aliphatic carbocycles. The van der Waals surface area contributed by atoms with E-state index in [-0.39, 0.29) is 25.2 Å². The molecule has 132 valence electrons. The Morgan fingerprint density at radius 2 is 1.92 bits per heavy atom. The molecule has 0 unspecified atom stereocenters. The lowest BCUT2D eigenvalue weighted by molar-refractivity contribution is -0.150. The Hall–Kier alpha value is -2.04. The van der Waals surface area contributed by atoms with E-state index in [0.717, 1.165) is 18.4 Å².